The van der Waals surface area contributed by atoms with E-state index in [2.05, 4.69) is 32.6 Å². The van der Waals surface area contributed by atoms with Gasteiger partial charge in [0.05, 0.1) is 18.6 Å². The predicted molar refractivity (Wildman–Crippen MR) is 74.1 cm³/mol. The molecule has 7 nitrogen and oxygen atoms in total. The second kappa shape index (κ2) is 6.14. The van der Waals surface area contributed by atoms with Crippen LogP contribution in [-0.2, 0) is 7.05 Å². The van der Waals surface area contributed by atoms with E-state index in [-0.39, 0.29) is 18.4 Å². The van der Waals surface area contributed by atoms with Gasteiger partial charge in [-0.15, -0.1) is 5.10 Å². The van der Waals surface area contributed by atoms with Crippen LogP contribution < -0.4 is 11.1 Å². The molecule has 2 rings (SSSR count). The molecule has 0 bridgehead atoms. The number of rotatable bonds is 2. The van der Waals surface area contributed by atoms with Crippen LogP contribution in [0.1, 0.15) is 15.9 Å². The van der Waals surface area contributed by atoms with E-state index in [9.17, 15) is 4.79 Å². The van der Waals surface area contributed by atoms with Crippen molar-refractivity contribution in [1.82, 2.24) is 20.2 Å². The number of aromatic nitrogens is 4. The van der Waals surface area contributed by atoms with Crippen LogP contribution in [0, 0.1) is 11.8 Å². The molecule has 8 heteroatoms. The number of anilines is 1. The van der Waals surface area contributed by atoms with Gasteiger partial charge in [-0.3, -0.25) is 10.1 Å². The highest BCUT2D eigenvalue weighted by Gasteiger charge is 2.10. The zero-order chi connectivity index (χ0) is 14.5. The van der Waals surface area contributed by atoms with E-state index in [1.807, 2.05) is 0 Å². The molecule has 0 aliphatic heterocycles. The summed E-state index contributed by atoms with van der Waals surface area (Å²) in [4.78, 5) is 13.2. The third-order valence-electron chi connectivity index (χ3n) is 2.29. The number of nitrogens with one attached hydrogen (secondary N) is 1. The number of nitrogens with zero attached hydrogens (tertiary/aromatic N) is 4. The first-order valence-electron chi connectivity index (χ1n) is 5.64. The van der Waals surface area contributed by atoms with Crippen molar-refractivity contribution >= 4 is 23.5 Å². The third-order valence-corrected chi connectivity index (χ3v) is 2.60. The Labute approximate surface area is 120 Å². The predicted octanol–water partition coefficient (Wildman–Crippen LogP) is 0.426. The van der Waals surface area contributed by atoms with Crippen molar-refractivity contribution in [2.75, 3.05) is 11.9 Å². The Bertz CT molecular complexity index is 699. The number of carbonyl (C=O) groups excluding carboxylic acids is 1. The summed E-state index contributed by atoms with van der Waals surface area (Å²) in [5.74, 6) is 5.26. The normalized spacial score (nSPS) is 9.75. The van der Waals surface area contributed by atoms with Gasteiger partial charge in [-0.05, 0) is 23.4 Å². The Morgan fingerprint density at radius 1 is 1.55 bits per heavy atom. The van der Waals surface area contributed by atoms with Gasteiger partial charge in [-0.2, -0.15) is 4.80 Å². The fraction of sp³-hybridized carbons (Fsp3) is 0.167. The summed E-state index contributed by atoms with van der Waals surface area (Å²) in [6.45, 7) is 0.247. The second-order valence-electron chi connectivity index (χ2n) is 3.76. The maximum atomic E-state index is 12.0. The van der Waals surface area contributed by atoms with Gasteiger partial charge in [0.15, 0.2) is 0 Å². The van der Waals surface area contributed by atoms with Crippen LogP contribution in [0.2, 0.25) is 5.02 Å². The molecule has 0 atom stereocenters. The second-order valence-corrected chi connectivity index (χ2v) is 4.16. The molecule has 0 spiro atoms. The summed E-state index contributed by atoms with van der Waals surface area (Å²) in [7, 11) is 1.60. The fourth-order valence-corrected chi connectivity index (χ4v) is 1.64. The topological polar surface area (TPSA) is 98.7 Å². The number of benzene rings is 1. The van der Waals surface area contributed by atoms with E-state index < -0.39 is 0 Å². The molecule has 0 saturated carbocycles. The van der Waals surface area contributed by atoms with Crippen molar-refractivity contribution < 1.29 is 4.79 Å². The Balaban J connectivity index is 2.16. The molecule has 0 radical (unpaired) electrons. The smallest absolute Gasteiger partial charge is 0.270 e. The largest absolute Gasteiger partial charge is 0.320 e. The van der Waals surface area contributed by atoms with Crippen LogP contribution in [0.25, 0.3) is 0 Å². The molecule has 102 valence electrons. The molecule has 0 unspecified atom stereocenters. The van der Waals surface area contributed by atoms with Gasteiger partial charge in [0, 0.05) is 11.1 Å². The first-order valence-corrected chi connectivity index (χ1v) is 6.02. The molecule has 1 aromatic carbocycles. The lowest BCUT2D eigenvalue weighted by Gasteiger charge is -2.02. The van der Waals surface area contributed by atoms with E-state index in [1.54, 1.807) is 19.2 Å². The Hall–Kier alpha value is -2.43. The molecule has 3 N–H and O–H groups in total. The van der Waals surface area contributed by atoms with Crippen LogP contribution in [-0.4, -0.2) is 32.7 Å². The van der Waals surface area contributed by atoms with E-state index in [0.29, 0.717) is 16.1 Å². The Morgan fingerprint density at radius 3 is 2.95 bits per heavy atom. The zero-order valence-corrected chi connectivity index (χ0v) is 11.3. The molecule has 2 aromatic rings. The molecule has 0 aliphatic rings. The number of aryl methyl sites for hydroxylation is 1. The highest BCUT2D eigenvalue weighted by Crippen LogP contribution is 2.17. The zero-order valence-electron chi connectivity index (χ0n) is 10.6. The molecule has 0 fully saturated rings. The molecular weight excluding hydrogens is 280 g/mol. The summed E-state index contributed by atoms with van der Waals surface area (Å²) < 4.78 is 0. The summed E-state index contributed by atoms with van der Waals surface area (Å²) in [5, 5.41) is 14.0. The van der Waals surface area contributed by atoms with Crippen LogP contribution in [0.4, 0.5) is 5.95 Å². The first kappa shape index (κ1) is 14.0. The van der Waals surface area contributed by atoms with E-state index in [1.165, 1.54) is 10.9 Å². The van der Waals surface area contributed by atoms with Gasteiger partial charge in [0.2, 0.25) is 0 Å². The molecule has 1 aromatic heterocycles. The van der Waals surface area contributed by atoms with Gasteiger partial charge in [0.1, 0.15) is 0 Å². The summed E-state index contributed by atoms with van der Waals surface area (Å²) in [6, 6.07) is 4.79. The average Bonchev–Trinajstić information content (AvgIpc) is 2.82. The van der Waals surface area contributed by atoms with Crippen molar-refractivity contribution in [3.05, 3.63) is 34.3 Å². The minimum atomic E-state index is -0.377. The van der Waals surface area contributed by atoms with Crippen molar-refractivity contribution in [3.8, 4) is 11.8 Å². The van der Waals surface area contributed by atoms with Gasteiger partial charge >= 0.3 is 0 Å². The maximum Gasteiger partial charge on any atom is 0.270 e. The standard InChI is InChI=1S/C12H11ClN6O/c1-19-17-12(16-18-19)15-11(20)9-5-4-8(3-2-6-14)10(13)7-9/h4-5,7H,6,14H2,1H3,(H,15,17,20). The Kier molecular flexibility index (Phi) is 4.30. The lowest BCUT2D eigenvalue weighted by molar-refractivity contribution is 0.102. The lowest BCUT2D eigenvalue weighted by atomic mass is 10.1. The lowest BCUT2D eigenvalue weighted by Crippen LogP contribution is -2.13. The minimum absolute atomic E-state index is 0.126. The van der Waals surface area contributed by atoms with Gasteiger partial charge in [0.25, 0.3) is 11.9 Å². The molecule has 20 heavy (non-hydrogen) atoms. The molecule has 1 heterocycles. The Morgan fingerprint density at radius 2 is 2.35 bits per heavy atom. The number of tetrazole rings is 1. The van der Waals surface area contributed by atoms with Gasteiger partial charge < -0.3 is 5.73 Å². The quantitative estimate of drug-likeness (QED) is 0.781. The van der Waals surface area contributed by atoms with Crippen LogP contribution >= 0.6 is 11.6 Å². The van der Waals surface area contributed by atoms with Crippen molar-refractivity contribution in [3.63, 3.8) is 0 Å². The van der Waals surface area contributed by atoms with Crippen molar-refractivity contribution in [2.45, 2.75) is 0 Å². The van der Waals surface area contributed by atoms with Crippen molar-refractivity contribution in [1.29, 1.82) is 0 Å². The van der Waals surface area contributed by atoms with Gasteiger partial charge in [-0.25, -0.2) is 0 Å². The van der Waals surface area contributed by atoms with Gasteiger partial charge in [-0.1, -0.05) is 28.5 Å². The van der Waals surface area contributed by atoms with E-state index in [4.69, 9.17) is 17.3 Å². The third kappa shape index (κ3) is 3.32. The number of amides is 1. The number of hydrogen-bond donors (Lipinski definition) is 2. The van der Waals surface area contributed by atoms with Crippen LogP contribution in [0.3, 0.4) is 0 Å². The molecule has 0 saturated heterocycles. The monoisotopic (exact) mass is 290 g/mol. The minimum Gasteiger partial charge on any atom is -0.320 e. The summed E-state index contributed by atoms with van der Waals surface area (Å²) in [5.41, 5.74) is 6.28. The highest BCUT2D eigenvalue weighted by atomic mass is 35.5. The van der Waals surface area contributed by atoms with E-state index in [0.717, 1.165) is 0 Å². The maximum absolute atomic E-state index is 12.0. The number of hydrogen-bond acceptors (Lipinski definition) is 5. The number of halogens is 1. The van der Waals surface area contributed by atoms with Crippen molar-refractivity contribution in [2.24, 2.45) is 12.8 Å². The SMILES string of the molecule is Cn1nnc(NC(=O)c2ccc(C#CCN)c(Cl)c2)n1. The number of carbonyl (C=O) groups is 1. The summed E-state index contributed by atoms with van der Waals surface area (Å²) in [6.07, 6.45) is 0. The molecular formula is C12H11ClN6O. The van der Waals surface area contributed by atoms with Crippen LogP contribution in [0.5, 0.6) is 0 Å². The first-order chi connectivity index (χ1) is 9.60. The molecule has 1 amide bonds. The van der Waals surface area contributed by atoms with E-state index >= 15 is 0 Å². The highest BCUT2D eigenvalue weighted by molar-refractivity contribution is 6.32. The fourth-order valence-electron chi connectivity index (χ4n) is 1.41. The number of nitrogens with two attached hydrogens (primary N) is 1. The molecule has 0 aliphatic carbocycles. The van der Waals surface area contributed by atoms with Crippen LogP contribution in [0.15, 0.2) is 18.2 Å². The average molecular weight is 291 g/mol. The summed E-state index contributed by atoms with van der Waals surface area (Å²) >= 11 is 6.05.